The fraction of sp³-hybridized carbons (Fsp3) is 0.462. The Hall–Kier alpha value is -0.800. The number of carbonyl (C=O) groups excluding carboxylic acids is 3. The molecule has 7 nitrogen and oxygen atoms in total. The third-order valence-electron chi connectivity index (χ3n) is 3.45. The molecule has 1 saturated heterocycles. The summed E-state index contributed by atoms with van der Waals surface area (Å²) in [6.45, 7) is 1.26. The van der Waals surface area contributed by atoms with Gasteiger partial charge in [0.2, 0.25) is 11.8 Å². The molecule has 2 aliphatic rings. The van der Waals surface area contributed by atoms with Crippen LogP contribution in [-0.2, 0) is 14.4 Å². The Morgan fingerprint density at radius 2 is 2.23 bits per heavy atom. The van der Waals surface area contributed by atoms with Gasteiger partial charge in [-0.25, -0.2) is 0 Å². The van der Waals surface area contributed by atoms with Gasteiger partial charge in [-0.15, -0.1) is 0 Å². The molecular weight excluding hydrogens is 319 g/mol. The van der Waals surface area contributed by atoms with Crippen molar-refractivity contribution in [3.63, 3.8) is 0 Å². The topological polar surface area (TPSA) is 110 Å². The van der Waals surface area contributed by atoms with E-state index < -0.39 is 5.97 Å². The van der Waals surface area contributed by atoms with Crippen LogP contribution in [-0.4, -0.2) is 40.4 Å². The molecule has 1 unspecified atom stereocenters. The third kappa shape index (κ3) is 3.75. The minimum atomic E-state index is -1.39. The van der Waals surface area contributed by atoms with Crippen LogP contribution in [0.25, 0.3) is 0 Å². The average molecular weight is 334 g/mol. The van der Waals surface area contributed by atoms with Crippen LogP contribution in [0.2, 0.25) is 0 Å². The number of hydrogen-bond donors (Lipinski definition) is 2. The standard InChI is InChI=1S/C13H16N2O5S.Na/c1-7(17)14-3-5-21-10-6-9-8(2-4-16)12(18)15(9)11(10)13(19)20;/h3,5,8-9,16H,2,4,6H2,1H3,(H,14,17)(H,19,20);/q;+1/p-1/t8?,9-;/m0./s1. The molecule has 2 heterocycles. The van der Waals surface area contributed by atoms with Crippen molar-refractivity contribution >= 4 is 29.5 Å². The molecule has 22 heavy (non-hydrogen) atoms. The molecule has 2 atom stereocenters. The summed E-state index contributed by atoms with van der Waals surface area (Å²) in [5.41, 5.74) is -0.100. The number of amides is 2. The zero-order valence-corrected chi connectivity index (χ0v) is 15.2. The van der Waals surface area contributed by atoms with E-state index in [1.165, 1.54) is 18.0 Å². The van der Waals surface area contributed by atoms with E-state index in [-0.39, 0.29) is 65.6 Å². The molecule has 2 amide bonds. The Morgan fingerprint density at radius 1 is 1.55 bits per heavy atom. The number of rotatable bonds is 6. The number of carbonyl (C=O) groups is 3. The molecule has 0 aromatic rings. The van der Waals surface area contributed by atoms with Gasteiger partial charge in [0, 0.05) is 31.1 Å². The van der Waals surface area contributed by atoms with Gasteiger partial charge in [-0.05, 0) is 11.8 Å². The number of carboxylic acids is 1. The zero-order chi connectivity index (χ0) is 15.6. The average Bonchev–Trinajstić information content (AvgIpc) is 2.76. The predicted octanol–water partition coefficient (Wildman–Crippen LogP) is -4.09. The number of aliphatic hydroxyl groups excluding tert-OH is 1. The fourth-order valence-electron chi connectivity index (χ4n) is 2.57. The van der Waals surface area contributed by atoms with E-state index in [9.17, 15) is 19.5 Å². The van der Waals surface area contributed by atoms with Crippen molar-refractivity contribution in [1.82, 2.24) is 10.2 Å². The first kappa shape index (κ1) is 19.2. The zero-order valence-electron chi connectivity index (χ0n) is 12.4. The van der Waals surface area contributed by atoms with E-state index in [0.717, 1.165) is 11.8 Å². The smallest absolute Gasteiger partial charge is 0.543 e. The maximum atomic E-state index is 11.9. The van der Waals surface area contributed by atoms with Gasteiger partial charge in [-0.3, -0.25) is 9.59 Å². The molecule has 0 saturated carbocycles. The normalized spacial score (nSPS) is 23.2. The van der Waals surface area contributed by atoms with E-state index in [1.807, 2.05) is 0 Å². The number of nitrogens with zero attached hydrogens (tertiary/aromatic N) is 1. The summed E-state index contributed by atoms with van der Waals surface area (Å²) in [5.74, 6) is -2.23. The van der Waals surface area contributed by atoms with Crippen LogP contribution in [0.3, 0.4) is 0 Å². The van der Waals surface area contributed by atoms with E-state index in [0.29, 0.717) is 17.7 Å². The Kier molecular flexibility index (Phi) is 7.14. The first-order valence-corrected chi connectivity index (χ1v) is 7.32. The summed E-state index contributed by atoms with van der Waals surface area (Å²) in [4.78, 5) is 35.6. The van der Waals surface area contributed by atoms with E-state index in [4.69, 9.17) is 5.11 Å². The van der Waals surface area contributed by atoms with E-state index >= 15 is 0 Å². The molecule has 0 spiro atoms. The Balaban J connectivity index is 0.00000242. The molecule has 2 aliphatic heterocycles. The number of thioether (sulfide) groups is 1. The molecule has 0 bridgehead atoms. The molecule has 1 fully saturated rings. The molecule has 0 radical (unpaired) electrons. The number of fused-ring (bicyclic) bond motifs is 1. The van der Waals surface area contributed by atoms with Crippen LogP contribution in [0.4, 0.5) is 0 Å². The van der Waals surface area contributed by atoms with Gasteiger partial charge in [-0.2, -0.15) is 0 Å². The summed E-state index contributed by atoms with van der Waals surface area (Å²) in [6.07, 6.45) is 2.17. The quantitative estimate of drug-likeness (QED) is 0.377. The number of carboxylic acid groups (broad SMARTS) is 1. The van der Waals surface area contributed by atoms with Crippen molar-refractivity contribution < 1.29 is 54.2 Å². The second kappa shape index (κ2) is 8.16. The van der Waals surface area contributed by atoms with E-state index in [2.05, 4.69) is 5.32 Å². The van der Waals surface area contributed by atoms with Crippen molar-refractivity contribution in [3.05, 3.63) is 22.2 Å². The summed E-state index contributed by atoms with van der Waals surface area (Å²) >= 11 is 1.14. The maximum Gasteiger partial charge on any atom is 1.00 e. The SMILES string of the molecule is CC(=O)NC=CSC1=C(C(=O)[O-])N2C(=O)C(CCO)[C@@H]2C1.[Na+]. The van der Waals surface area contributed by atoms with E-state index in [1.54, 1.807) is 5.41 Å². The van der Waals surface area contributed by atoms with Crippen LogP contribution in [0, 0.1) is 5.92 Å². The number of β-lactam (4-membered cyclic amide) rings is 1. The van der Waals surface area contributed by atoms with Crippen molar-refractivity contribution in [1.29, 1.82) is 0 Å². The second-order valence-electron chi connectivity index (χ2n) is 4.78. The Morgan fingerprint density at radius 3 is 2.77 bits per heavy atom. The Labute approximate surface area is 154 Å². The van der Waals surface area contributed by atoms with Crippen molar-refractivity contribution in [2.75, 3.05) is 6.61 Å². The first-order chi connectivity index (χ1) is 9.97. The van der Waals surface area contributed by atoms with Crippen LogP contribution in [0.1, 0.15) is 19.8 Å². The molecule has 2 rings (SSSR count). The van der Waals surface area contributed by atoms with Gasteiger partial charge >= 0.3 is 29.6 Å². The molecular formula is C13H15N2NaO5S. The van der Waals surface area contributed by atoms with Crippen LogP contribution in [0.5, 0.6) is 0 Å². The van der Waals surface area contributed by atoms with Gasteiger partial charge in [0.25, 0.3) is 0 Å². The number of aliphatic carboxylic acids is 1. The van der Waals surface area contributed by atoms with Crippen molar-refractivity contribution in [3.8, 4) is 0 Å². The largest absolute Gasteiger partial charge is 1.00 e. The number of aliphatic hydroxyl groups is 1. The van der Waals surface area contributed by atoms with Crippen LogP contribution in [0.15, 0.2) is 22.2 Å². The van der Waals surface area contributed by atoms with Gasteiger partial charge in [0.1, 0.15) is 0 Å². The molecule has 0 aromatic carbocycles. The van der Waals surface area contributed by atoms with Crippen molar-refractivity contribution in [2.24, 2.45) is 5.92 Å². The summed E-state index contributed by atoms with van der Waals surface area (Å²) in [5, 5.41) is 24.2. The summed E-state index contributed by atoms with van der Waals surface area (Å²) in [7, 11) is 0. The van der Waals surface area contributed by atoms with Crippen LogP contribution >= 0.6 is 11.8 Å². The summed E-state index contributed by atoms with van der Waals surface area (Å²) in [6, 6.07) is -0.214. The second-order valence-corrected chi connectivity index (χ2v) is 5.78. The van der Waals surface area contributed by atoms with Gasteiger partial charge < -0.3 is 25.2 Å². The summed E-state index contributed by atoms with van der Waals surface area (Å²) < 4.78 is 0. The molecule has 0 aliphatic carbocycles. The predicted molar refractivity (Wildman–Crippen MR) is 73.0 cm³/mol. The van der Waals surface area contributed by atoms with Gasteiger partial charge in [-0.1, -0.05) is 11.8 Å². The molecule has 114 valence electrons. The number of nitrogens with one attached hydrogen (secondary N) is 1. The number of hydrogen-bond acceptors (Lipinski definition) is 6. The fourth-order valence-corrected chi connectivity index (χ4v) is 3.43. The molecule has 9 heteroatoms. The van der Waals surface area contributed by atoms with Gasteiger partial charge in [0.05, 0.1) is 23.6 Å². The first-order valence-electron chi connectivity index (χ1n) is 6.44. The van der Waals surface area contributed by atoms with Crippen LogP contribution < -0.4 is 40.0 Å². The minimum absolute atomic E-state index is 0. The maximum absolute atomic E-state index is 11.9. The minimum Gasteiger partial charge on any atom is -0.543 e. The third-order valence-corrected chi connectivity index (χ3v) is 4.37. The van der Waals surface area contributed by atoms with Gasteiger partial charge in [0.15, 0.2) is 0 Å². The monoisotopic (exact) mass is 334 g/mol. The Bertz CT molecular complexity index is 549. The van der Waals surface area contributed by atoms with Crippen molar-refractivity contribution in [2.45, 2.75) is 25.8 Å². The molecule has 2 N–H and O–H groups in total. The molecule has 0 aromatic heterocycles.